The third-order valence-corrected chi connectivity index (χ3v) is 4.28. The lowest BCUT2D eigenvalue weighted by atomic mass is 9.94. The van der Waals surface area contributed by atoms with Crippen molar-refractivity contribution >= 4 is 10.8 Å². The van der Waals surface area contributed by atoms with Gasteiger partial charge in [-0.05, 0) is 23.8 Å². The molecule has 1 unspecified atom stereocenters. The first-order valence-electron chi connectivity index (χ1n) is 7.18. The molecule has 0 amide bonds. The van der Waals surface area contributed by atoms with Gasteiger partial charge in [-0.1, -0.05) is 49.9 Å². The van der Waals surface area contributed by atoms with Crippen LogP contribution < -0.4 is 11.3 Å². The summed E-state index contributed by atoms with van der Waals surface area (Å²) < 4.78 is 0. The van der Waals surface area contributed by atoms with Crippen molar-refractivity contribution in [3.05, 3.63) is 42.2 Å². The Hall–Kier alpha value is -1.45. The van der Waals surface area contributed by atoms with Gasteiger partial charge in [0.1, 0.15) is 0 Å². The molecule has 0 bridgehead atoms. The van der Waals surface area contributed by atoms with Crippen LogP contribution in [0.5, 0.6) is 0 Å². The summed E-state index contributed by atoms with van der Waals surface area (Å²) in [5, 5.41) is 2.45. The number of pyridine rings is 1. The van der Waals surface area contributed by atoms with Crippen molar-refractivity contribution in [1.82, 2.24) is 10.4 Å². The normalized spacial score (nSPS) is 17.9. The maximum Gasteiger partial charge on any atom is 0.0664 e. The lowest BCUT2D eigenvalue weighted by Crippen LogP contribution is -2.30. The first-order valence-corrected chi connectivity index (χ1v) is 7.18. The Morgan fingerprint density at radius 2 is 2.00 bits per heavy atom. The molecule has 1 aromatic carbocycles. The molecule has 1 atom stereocenters. The summed E-state index contributed by atoms with van der Waals surface area (Å²) in [6.07, 6.45) is 8.38. The molecule has 0 saturated heterocycles. The second kappa shape index (κ2) is 5.68. The molecule has 1 aliphatic carbocycles. The van der Waals surface area contributed by atoms with Crippen LogP contribution in [0.25, 0.3) is 10.8 Å². The third-order valence-electron chi connectivity index (χ3n) is 4.28. The zero-order valence-electron chi connectivity index (χ0n) is 11.2. The lowest BCUT2D eigenvalue weighted by molar-refractivity contribution is 0.396. The summed E-state index contributed by atoms with van der Waals surface area (Å²) in [5.74, 6) is 6.58. The van der Waals surface area contributed by atoms with E-state index in [1.54, 1.807) is 0 Å². The second-order valence-electron chi connectivity index (χ2n) is 5.52. The van der Waals surface area contributed by atoms with E-state index in [0.717, 1.165) is 18.0 Å². The van der Waals surface area contributed by atoms with E-state index in [1.165, 1.54) is 36.5 Å². The number of hydrazine groups is 1. The molecule has 19 heavy (non-hydrogen) atoms. The van der Waals surface area contributed by atoms with E-state index in [0.29, 0.717) is 0 Å². The van der Waals surface area contributed by atoms with Crippen LogP contribution in [0, 0.1) is 5.92 Å². The van der Waals surface area contributed by atoms with Crippen LogP contribution in [0.2, 0.25) is 0 Å². The van der Waals surface area contributed by atoms with Gasteiger partial charge in [0.15, 0.2) is 0 Å². The van der Waals surface area contributed by atoms with Crippen molar-refractivity contribution in [2.45, 2.75) is 38.1 Å². The topological polar surface area (TPSA) is 50.9 Å². The van der Waals surface area contributed by atoms with Crippen molar-refractivity contribution in [3.63, 3.8) is 0 Å². The van der Waals surface area contributed by atoms with Crippen molar-refractivity contribution in [3.8, 4) is 0 Å². The minimum atomic E-state index is 0.161. The molecular weight excluding hydrogens is 234 g/mol. The predicted molar refractivity (Wildman–Crippen MR) is 78.4 cm³/mol. The fraction of sp³-hybridized carbons (Fsp3) is 0.438. The second-order valence-corrected chi connectivity index (χ2v) is 5.52. The smallest absolute Gasteiger partial charge is 0.0664 e. The molecule has 1 aliphatic rings. The van der Waals surface area contributed by atoms with Crippen molar-refractivity contribution in [2.24, 2.45) is 11.8 Å². The molecular formula is C16H21N3. The molecule has 3 heteroatoms. The van der Waals surface area contributed by atoms with Crippen LogP contribution in [0.15, 0.2) is 36.5 Å². The van der Waals surface area contributed by atoms with Crippen molar-refractivity contribution < 1.29 is 0 Å². The molecule has 1 aromatic heterocycles. The van der Waals surface area contributed by atoms with Gasteiger partial charge >= 0.3 is 0 Å². The molecule has 3 N–H and O–H groups in total. The Morgan fingerprint density at radius 3 is 2.79 bits per heavy atom. The molecule has 0 spiro atoms. The summed E-state index contributed by atoms with van der Waals surface area (Å²) in [7, 11) is 0. The van der Waals surface area contributed by atoms with Crippen LogP contribution >= 0.6 is 0 Å². The first-order chi connectivity index (χ1) is 9.38. The van der Waals surface area contributed by atoms with Crippen LogP contribution in [-0.4, -0.2) is 4.98 Å². The summed E-state index contributed by atoms with van der Waals surface area (Å²) in [6, 6.07) is 10.6. The summed E-state index contributed by atoms with van der Waals surface area (Å²) >= 11 is 0. The molecule has 3 nitrogen and oxygen atoms in total. The zero-order valence-corrected chi connectivity index (χ0v) is 11.2. The van der Waals surface area contributed by atoms with E-state index in [1.807, 2.05) is 6.20 Å². The number of rotatable bonds is 4. The number of nitrogens with zero attached hydrogens (tertiary/aromatic N) is 1. The Morgan fingerprint density at radius 1 is 1.21 bits per heavy atom. The Balaban J connectivity index is 1.91. The standard InChI is InChI=1S/C16H21N3/c17-19-15(11-12-5-1-2-6-12)16-14-8-4-3-7-13(14)9-10-18-16/h3-4,7-10,12,15,19H,1-2,5-6,11,17H2. The maximum absolute atomic E-state index is 5.78. The third kappa shape index (κ3) is 2.62. The maximum atomic E-state index is 5.78. The van der Waals surface area contributed by atoms with Crippen molar-refractivity contribution in [2.75, 3.05) is 0 Å². The highest BCUT2D eigenvalue weighted by Gasteiger charge is 2.22. The number of hydrogen-bond donors (Lipinski definition) is 2. The molecule has 1 fully saturated rings. The van der Waals surface area contributed by atoms with Gasteiger partial charge < -0.3 is 0 Å². The molecule has 1 heterocycles. The summed E-state index contributed by atoms with van der Waals surface area (Å²) in [5.41, 5.74) is 4.07. The molecule has 0 aliphatic heterocycles. The monoisotopic (exact) mass is 255 g/mol. The summed E-state index contributed by atoms with van der Waals surface area (Å²) in [6.45, 7) is 0. The van der Waals surface area contributed by atoms with Gasteiger partial charge in [-0.15, -0.1) is 0 Å². The number of benzene rings is 1. The van der Waals surface area contributed by atoms with Gasteiger partial charge in [0.05, 0.1) is 11.7 Å². The predicted octanol–water partition coefficient (Wildman–Crippen LogP) is 3.32. The highest BCUT2D eigenvalue weighted by molar-refractivity contribution is 5.84. The van der Waals surface area contributed by atoms with Crippen LogP contribution in [0.4, 0.5) is 0 Å². The highest BCUT2D eigenvalue weighted by atomic mass is 15.2. The number of nitrogens with two attached hydrogens (primary N) is 1. The van der Waals surface area contributed by atoms with Crippen LogP contribution in [0.1, 0.15) is 43.8 Å². The number of nitrogens with one attached hydrogen (secondary N) is 1. The molecule has 1 saturated carbocycles. The SMILES string of the molecule is NNC(CC1CCCC1)c1nccc2ccccc12. The molecule has 3 rings (SSSR count). The van der Waals surface area contributed by atoms with Crippen LogP contribution in [-0.2, 0) is 0 Å². The largest absolute Gasteiger partial charge is 0.271 e. The van der Waals surface area contributed by atoms with Gasteiger partial charge in [0.25, 0.3) is 0 Å². The molecule has 2 aromatic rings. The number of aromatic nitrogens is 1. The zero-order chi connectivity index (χ0) is 13.1. The van der Waals surface area contributed by atoms with E-state index in [-0.39, 0.29) is 6.04 Å². The average Bonchev–Trinajstić information content (AvgIpc) is 2.97. The van der Waals surface area contributed by atoms with E-state index >= 15 is 0 Å². The number of fused-ring (bicyclic) bond motifs is 1. The highest BCUT2D eigenvalue weighted by Crippen LogP contribution is 2.33. The van der Waals surface area contributed by atoms with Gasteiger partial charge in [0, 0.05) is 11.6 Å². The first kappa shape index (κ1) is 12.6. The molecule has 0 radical (unpaired) electrons. The molecule has 100 valence electrons. The minimum Gasteiger partial charge on any atom is -0.271 e. The van der Waals surface area contributed by atoms with Gasteiger partial charge in [-0.25, -0.2) is 0 Å². The van der Waals surface area contributed by atoms with Gasteiger partial charge in [-0.2, -0.15) is 0 Å². The van der Waals surface area contributed by atoms with E-state index in [4.69, 9.17) is 5.84 Å². The lowest BCUT2D eigenvalue weighted by Gasteiger charge is -2.20. The minimum absolute atomic E-state index is 0.161. The van der Waals surface area contributed by atoms with E-state index in [2.05, 4.69) is 40.7 Å². The fourth-order valence-electron chi connectivity index (χ4n) is 3.26. The fourth-order valence-corrected chi connectivity index (χ4v) is 3.26. The van der Waals surface area contributed by atoms with Crippen LogP contribution in [0.3, 0.4) is 0 Å². The summed E-state index contributed by atoms with van der Waals surface area (Å²) in [4.78, 5) is 4.58. The average molecular weight is 255 g/mol. The quantitative estimate of drug-likeness (QED) is 0.651. The number of hydrogen-bond acceptors (Lipinski definition) is 3. The Kier molecular flexibility index (Phi) is 3.76. The Bertz CT molecular complexity index is 541. The van der Waals surface area contributed by atoms with E-state index < -0.39 is 0 Å². The van der Waals surface area contributed by atoms with E-state index in [9.17, 15) is 0 Å². The van der Waals surface area contributed by atoms with Crippen molar-refractivity contribution in [1.29, 1.82) is 0 Å². The van der Waals surface area contributed by atoms with Gasteiger partial charge in [0.2, 0.25) is 0 Å². The Labute approximate surface area is 114 Å². The van der Waals surface area contributed by atoms with Gasteiger partial charge in [-0.3, -0.25) is 16.3 Å².